The van der Waals surface area contributed by atoms with Crippen molar-refractivity contribution >= 4 is 41.0 Å². The first-order valence-corrected chi connectivity index (χ1v) is 14.6. The van der Waals surface area contributed by atoms with Gasteiger partial charge in [-0.1, -0.05) is 11.6 Å². The maximum atomic E-state index is 14.4. The molecule has 4 aromatic rings. The molecule has 240 valence electrons. The molecule has 0 saturated heterocycles. The number of rotatable bonds is 7. The van der Waals surface area contributed by atoms with Gasteiger partial charge in [0.05, 0.1) is 57.2 Å². The maximum Gasteiger partial charge on any atom is 0.431 e. The summed E-state index contributed by atoms with van der Waals surface area (Å²) in [5, 5.41) is 19.2. The molecule has 0 atom stereocenters. The van der Waals surface area contributed by atoms with Crippen molar-refractivity contribution in [2.45, 2.75) is 19.6 Å². The van der Waals surface area contributed by atoms with Crippen LogP contribution in [0.2, 0.25) is 5.02 Å². The first-order chi connectivity index (χ1) is 23.0. The Morgan fingerprint density at radius 2 is 1.92 bits per heavy atom. The van der Waals surface area contributed by atoms with Crippen LogP contribution in [-0.4, -0.2) is 50.1 Å². The summed E-state index contributed by atoms with van der Waals surface area (Å²) in [5.74, 6) is -1.27. The average molecular weight is 670 g/mol. The molecule has 0 saturated carbocycles. The highest BCUT2D eigenvalue weighted by Crippen LogP contribution is 2.34. The Labute approximate surface area is 276 Å². The van der Waals surface area contributed by atoms with E-state index >= 15 is 0 Å². The van der Waals surface area contributed by atoms with Crippen LogP contribution in [0.1, 0.15) is 49.1 Å². The molecule has 1 aromatic carbocycles. The van der Waals surface area contributed by atoms with Gasteiger partial charge in [0.15, 0.2) is 5.82 Å². The molecule has 2 N–H and O–H groups in total. The van der Waals surface area contributed by atoms with Crippen molar-refractivity contribution in [3.8, 4) is 11.9 Å². The Balaban J connectivity index is 1.46. The summed E-state index contributed by atoms with van der Waals surface area (Å²) >= 11 is 6.43. The lowest BCUT2D eigenvalue weighted by atomic mass is 10.0. The zero-order chi connectivity index (χ0) is 34.2. The zero-order valence-corrected chi connectivity index (χ0v) is 25.9. The van der Waals surface area contributed by atoms with Crippen molar-refractivity contribution in [3.05, 3.63) is 129 Å². The second-order valence-corrected chi connectivity index (χ2v) is 10.9. The number of anilines is 1. The number of hydrogen-bond donors (Lipinski definition) is 2. The molecule has 0 fully saturated rings. The normalized spacial score (nSPS) is 15.1. The number of nitrogens with one attached hydrogen (secondary N) is 2. The van der Waals surface area contributed by atoms with Crippen LogP contribution >= 0.6 is 11.6 Å². The number of carbonyl (C=O) groups is 2. The van der Waals surface area contributed by atoms with Crippen LogP contribution in [0.15, 0.2) is 94.3 Å². The minimum Gasteiger partial charge on any atom is -0.355 e. The maximum absolute atomic E-state index is 14.4. The summed E-state index contributed by atoms with van der Waals surface area (Å²) < 4.78 is 45.2. The molecule has 6 rings (SSSR count). The number of aromatic nitrogens is 4. The van der Waals surface area contributed by atoms with E-state index < -0.39 is 30.2 Å². The summed E-state index contributed by atoms with van der Waals surface area (Å²) in [6.45, 7) is 1.19. The van der Waals surface area contributed by atoms with Crippen LogP contribution in [0, 0.1) is 18.3 Å². The number of carbonyl (C=O) groups excluding carboxylic acids is 2. The Bertz CT molecular complexity index is 2180. The van der Waals surface area contributed by atoms with E-state index in [1.54, 1.807) is 37.4 Å². The number of hydrogen-bond acceptors (Lipinski definition) is 7. The monoisotopic (exact) mass is 669 g/mol. The Kier molecular flexibility index (Phi) is 8.38. The fourth-order valence-electron chi connectivity index (χ4n) is 5.33. The molecule has 11 nitrogen and oxygen atoms in total. The molecular weight excluding hydrogens is 647 g/mol. The number of aryl methyl sites for hydroxylation is 1. The Morgan fingerprint density at radius 3 is 2.60 bits per heavy atom. The number of alkyl halides is 3. The molecule has 15 heteroatoms. The molecule has 0 aliphatic carbocycles. The molecule has 0 spiro atoms. The third-order valence-corrected chi connectivity index (χ3v) is 7.77. The lowest BCUT2D eigenvalue weighted by Gasteiger charge is -2.15. The van der Waals surface area contributed by atoms with Crippen LogP contribution in [0.4, 0.5) is 18.9 Å². The van der Waals surface area contributed by atoms with Crippen molar-refractivity contribution in [2.24, 2.45) is 9.98 Å². The highest BCUT2D eigenvalue weighted by Gasteiger charge is 2.37. The molecule has 2 aliphatic heterocycles. The number of nitrogens with zero attached hydrogens (tertiary/aromatic N) is 7. The van der Waals surface area contributed by atoms with Gasteiger partial charge in [0.25, 0.3) is 11.8 Å². The Morgan fingerprint density at radius 1 is 1.10 bits per heavy atom. The number of aliphatic imine (C=N–C) groups is 2. The third-order valence-electron chi connectivity index (χ3n) is 7.47. The van der Waals surface area contributed by atoms with Crippen LogP contribution in [0.25, 0.3) is 5.82 Å². The lowest BCUT2D eigenvalue weighted by molar-refractivity contribution is -0.143. The first-order valence-electron chi connectivity index (χ1n) is 14.2. The third kappa shape index (κ3) is 5.94. The summed E-state index contributed by atoms with van der Waals surface area (Å²) in [5.41, 5.74) is 1.30. The van der Waals surface area contributed by atoms with Crippen molar-refractivity contribution in [2.75, 3.05) is 12.4 Å². The van der Waals surface area contributed by atoms with E-state index in [9.17, 15) is 28.0 Å². The molecule has 48 heavy (non-hydrogen) atoms. The van der Waals surface area contributed by atoms with Gasteiger partial charge in [0.1, 0.15) is 11.4 Å². The molecule has 5 heterocycles. The molecule has 3 aromatic heterocycles. The van der Waals surface area contributed by atoms with Crippen LogP contribution < -0.4 is 10.6 Å². The predicted octanol–water partition coefficient (Wildman–Crippen LogP) is 5.79. The quantitative estimate of drug-likeness (QED) is 0.256. The molecule has 2 amide bonds. The molecule has 0 radical (unpaired) electrons. The molecule has 0 bridgehead atoms. The van der Waals surface area contributed by atoms with E-state index in [-0.39, 0.29) is 50.4 Å². The fourth-order valence-corrected chi connectivity index (χ4v) is 5.53. The van der Waals surface area contributed by atoms with Gasteiger partial charge in [-0.15, -0.1) is 0 Å². The number of amides is 2. The number of nitriles is 1. The average Bonchev–Trinajstić information content (AvgIpc) is 3.88. The van der Waals surface area contributed by atoms with Crippen molar-refractivity contribution < 1.29 is 22.8 Å². The topological polar surface area (TPSA) is 142 Å². The van der Waals surface area contributed by atoms with E-state index in [1.807, 2.05) is 6.07 Å². The second-order valence-electron chi connectivity index (χ2n) is 10.5. The molecule has 2 aliphatic rings. The van der Waals surface area contributed by atoms with Gasteiger partial charge in [-0.05, 0) is 73.2 Å². The minimum atomic E-state index is -4.74. The summed E-state index contributed by atoms with van der Waals surface area (Å²) in [6, 6.07) is 11.5. The van der Waals surface area contributed by atoms with E-state index in [0.717, 1.165) is 15.3 Å². The van der Waals surface area contributed by atoms with Crippen molar-refractivity contribution in [1.82, 2.24) is 24.6 Å². The standard InChI is InChI=1S/C33H23ClF3N9O2/c1-18-13-19(16-38)14-22(31(47)39-2)28(18)43-32(48)26-15-20(44-46(26)30-23(34)5-3-11-42-30)17-45-25(7-8-27(45)33(35,36)37)29-21(9-12-41-29)24-6-4-10-40-24/h3-15H,17H2,1-2H3,(H,39,47)(H,43,48). The SMILES string of the molecule is CNC(=O)c1cc(C#N)cc(C)c1NC(=O)c1cc(Cn2c(C3=NC=CC3=C3C=CC=N3)ccc2C(F)(F)F)nn1-c1ncccc1Cl. The number of allylic oxidation sites excluding steroid dienone is 4. The Hall–Kier alpha value is -6.07. The van der Waals surface area contributed by atoms with E-state index in [2.05, 4.69) is 30.7 Å². The fraction of sp³-hybridized carbons (Fsp3) is 0.121. The predicted molar refractivity (Wildman–Crippen MR) is 172 cm³/mol. The van der Waals surface area contributed by atoms with Gasteiger partial charge in [-0.25, -0.2) is 9.67 Å². The highest BCUT2D eigenvalue weighted by atomic mass is 35.5. The summed E-state index contributed by atoms with van der Waals surface area (Å²) in [7, 11) is 1.40. The van der Waals surface area contributed by atoms with Gasteiger partial charge < -0.3 is 15.2 Å². The van der Waals surface area contributed by atoms with Gasteiger partial charge in [-0.3, -0.25) is 19.6 Å². The lowest BCUT2D eigenvalue weighted by Crippen LogP contribution is -2.24. The smallest absolute Gasteiger partial charge is 0.355 e. The van der Waals surface area contributed by atoms with E-state index in [1.165, 1.54) is 49.8 Å². The molecular formula is C33H23ClF3N9O2. The minimum absolute atomic E-state index is 0.0358. The zero-order valence-electron chi connectivity index (χ0n) is 25.2. The van der Waals surface area contributed by atoms with Crippen LogP contribution in [0.3, 0.4) is 0 Å². The highest BCUT2D eigenvalue weighted by molar-refractivity contribution is 6.32. The van der Waals surface area contributed by atoms with Gasteiger partial charge in [0.2, 0.25) is 0 Å². The van der Waals surface area contributed by atoms with Gasteiger partial charge in [0, 0.05) is 31.2 Å². The molecule has 0 unspecified atom stereocenters. The van der Waals surface area contributed by atoms with E-state index in [4.69, 9.17) is 11.6 Å². The first kappa shape index (κ1) is 31.9. The van der Waals surface area contributed by atoms with Gasteiger partial charge in [-0.2, -0.15) is 23.5 Å². The number of pyridine rings is 1. The van der Waals surface area contributed by atoms with Crippen molar-refractivity contribution in [1.29, 1.82) is 5.26 Å². The summed E-state index contributed by atoms with van der Waals surface area (Å²) in [6.07, 6.45) is 4.86. The van der Waals surface area contributed by atoms with Gasteiger partial charge >= 0.3 is 6.18 Å². The largest absolute Gasteiger partial charge is 0.431 e. The summed E-state index contributed by atoms with van der Waals surface area (Å²) in [4.78, 5) is 39.5. The van der Waals surface area contributed by atoms with Crippen LogP contribution in [-0.2, 0) is 12.7 Å². The van der Waals surface area contributed by atoms with E-state index in [0.29, 0.717) is 16.8 Å². The van der Waals surface area contributed by atoms with Crippen LogP contribution in [0.5, 0.6) is 0 Å². The second kappa shape index (κ2) is 12.6. The number of benzene rings is 1. The number of halogens is 4. The van der Waals surface area contributed by atoms with Crippen molar-refractivity contribution in [3.63, 3.8) is 0 Å².